The maximum absolute atomic E-state index is 6.14. The molecular weight excluding hydrogens is 260 g/mol. The van der Waals surface area contributed by atoms with Crippen LogP contribution in [0.3, 0.4) is 0 Å². The second-order valence-corrected chi connectivity index (χ2v) is 4.74. The summed E-state index contributed by atoms with van der Waals surface area (Å²) in [4.78, 5) is 8.55. The van der Waals surface area contributed by atoms with Crippen molar-refractivity contribution in [3.8, 4) is 0 Å². The Labute approximate surface area is 116 Å². The molecule has 3 rings (SSSR count). The summed E-state index contributed by atoms with van der Waals surface area (Å²) >= 11 is 6.14. The second-order valence-electron chi connectivity index (χ2n) is 4.33. The van der Waals surface area contributed by atoms with Crippen molar-refractivity contribution in [2.45, 2.75) is 6.54 Å². The van der Waals surface area contributed by atoms with Crippen LogP contribution in [0, 0.1) is 0 Å². The zero-order valence-corrected chi connectivity index (χ0v) is 11.2. The van der Waals surface area contributed by atoms with E-state index in [4.69, 9.17) is 11.6 Å². The molecule has 0 fully saturated rings. The van der Waals surface area contributed by atoms with Gasteiger partial charge in [-0.1, -0.05) is 29.8 Å². The summed E-state index contributed by atoms with van der Waals surface area (Å²) in [5.74, 6) is 0.825. The van der Waals surface area contributed by atoms with Gasteiger partial charge in [0, 0.05) is 24.8 Å². The third-order valence-electron chi connectivity index (χ3n) is 3.07. The molecular formula is C14H13ClN4. The lowest BCUT2D eigenvalue weighted by Crippen LogP contribution is -2.03. The van der Waals surface area contributed by atoms with Crippen molar-refractivity contribution in [2.24, 2.45) is 7.05 Å². The molecule has 0 aliphatic rings. The molecule has 0 radical (unpaired) electrons. The van der Waals surface area contributed by atoms with E-state index in [0.29, 0.717) is 6.54 Å². The van der Waals surface area contributed by atoms with Crippen LogP contribution in [0.5, 0.6) is 0 Å². The lowest BCUT2D eigenvalue weighted by atomic mass is 10.2. The van der Waals surface area contributed by atoms with Gasteiger partial charge in [0.25, 0.3) is 0 Å². The van der Waals surface area contributed by atoms with Gasteiger partial charge >= 0.3 is 0 Å². The molecule has 1 N–H and O–H groups in total. The lowest BCUT2D eigenvalue weighted by Gasteiger charge is -2.08. The molecule has 0 amide bonds. The number of aryl methyl sites for hydroxylation is 1. The summed E-state index contributed by atoms with van der Waals surface area (Å²) < 4.78 is 1.97. The predicted molar refractivity (Wildman–Crippen MR) is 77.3 cm³/mol. The summed E-state index contributed by atoms with van der Waals surface area (Å²) in [6, 6.07) is 9.78. The molecule has 4 nitrogen and oxygen atoms in total. The van der Waals surface area contributed by atoms with E-state index in [1.807, 2.05) is 48.1 Å². The van der Waals surface area contributed by atoms with Gasteiger partial charge in [-0.15, -0.1) is 0 Å². The van der Waals surface area contributed by atoms with Crippen LogP contribution >= 0.6 is 11.6 Å². The average Bonchev–Trinajstić information content (AvgIpc) is 2.81. The van der Waals surface area contributed by atoms with Crippen molar-refractivity contribution in [1.29, 1.82) is 0 Å². The number of halogens is 1. The molecule has 5 heteroatoms. The van der Waals surface area contributed by atoms with E-state index >= 15 is 0 Å². The highest BCUT2D eigenvalue weighted by Gasteiger charge is 2.06. The van der Waals surface area contributed by atoms with Crippen LogP contribution in [0.1, 0.15) is 5.56 Å². The Kier molecular flexibility index (Phi) is 3.09. The lowest BCUT2D eigenvalue weighted by molar-refractivity contribution is 0.943. The Balaban J connectivity index is 1.88. The summed E-state index contributed by atoms with van der Waals surface area (Å²) in [7, 11) is 1.97. The van der Waals surface area contributed by atoms with E-state index < -0.39 is 0 Å². The number of nitrogens with one attached hydrogen (secondary N) is 1. The maximum Gasteiger partial charge on any atom is 0.145 e. The number of rotatable bonds is 3. The number of benzene rings is 1. The van der Waals surface area contributed by atoms with Crippen molar-refractivity contribution in [1.82, 2.24) is 14.5 Å². The normalized spacial score (nSPS) is 10.8. The molecule has 2 aromatic heterocycles. The number of aromatic nitrogens is 3. The van der Waals surface area contributed by atoms with E-state index in [-0.39, 0.29) is 0 Å². The number of hydrogen-bond acceptors (Lipinski definition) is 3. The molecule has 3 aromatic rings. The van der Waals surface area contributed by atoms with Crippen LogP contribution in [0.2, 0.25) is 5.02 Å². The minimum absolute atomic E-state index is 0.640. The fraction of sp³-hybridized carbons (Fsp3) is 0.143. The molecule has 1 aromatic carbocycles. The Hall–Kier alpha value is -2.07. The Morgan fingerprint density at radius 2 is 2.05 bits per heavy atom. The van der Waals surface area contributed by atoms with E-state index in [2.05, 4.69) is 15.3 Å². The first-order valence-electron chi connectivity index (χ1n) is 5.99. The van der Waals surface area contributed by atoms with Crippen LogP contribution in [0.4, 0.5) is 5.82 Å². The van der Waals surface area contributed by atoms with Gasteiger partial charge in [0.05, 0.1) is 5.39 Å². The first-order chi connectivity index (χ1) is 9.25. The molecule has 19 heavy (non-hydrogen) atoms. The highest BCUT2D eigenvalue weighted by Crippen LogP contribution is 2.21. The average molecular weight is 273 g/mol. The smallest absolute Gasteiger partial charge is 0.145 e. The van der Waals surface area contributed by atoms with Gasteiger partial charge in [-0.3, -0.25) is 0 Å². The third-order valence-corrected chi connectivity index (χ3v) is 3.43. The van der Waals surface area contributed by atoms with Gasteiger partial charge in [-0.05, 0) is 17.7 Å². The maximum atomic E-state index is 6.14. The SMILES string of the molecule is Cn1ccc2c(NCc3ccccc3Cl)ncnc21. The molecule has 0 aliphatic carbocycles. The zero-order valence-electron chi connectivity index (χ0n) is 10.5. The van der Waals surface area contributed by atoms with Gasteiger partial charge in [-0.25, -0.2) is 9.97 Å². The summed E-state index contributed by atoms with van der Waals surface area (Å²) in [5, 5.41) is 5.08. The summed E-state index contributed by atoms with van der Waals surface area (Å²) in [6.45, 7) is 0.640. The first-order valence-corrected chi connectivity index (χ1v) is 6.37. The molecule has 96 valence electrons. The van der Waals surface area contributed by atoms with Crippen molar-refractivity contribution in [2.75, 3.05) is 5.32 Å². The molecule has 0 bridgehead atoms. The van der Waals surface area contributed by atoms with Gasteiger partial charge in [0.1, 0.15) is 17.8 Å². The van der Waals surface area contributed by atoms with Gasteiger partial charge in [0.2, 0.25) is 0 Å². The molecule has 0 unspecified atom stereocenters. The third kappa shape index (κ3) is 2.27. The molecule has 0 saturated heterocycles. The topological polar surface area (TPSA) is 42.7 Å². The monoisotopic (exact) mass is 272 g/mol. The van der Waals surface area contributed by atoms with E-state index in [1.165, 1.54) is 0 Å². The molecule has 0 saturated carbocycles. The van der Waals surface area contributed by atoms with E-state index in [0.717, 1.165) is 27.4 Å². The largest absolute Gasteiger partial charge is 0.365 e. The number of nitrogens with zero attached hydrogens (tertiary/aromatic N) is 3. The Bertz CT molecular complexity index is 720. The quantitative estimate of drug-likeness (QED) is 0.796. The summed E-state index contributed by atoms with van der Waals surface area (Å²) in [6.07, 6.45) is 3.54. The minimum Gasteiger partial charge on any atom is -0.365 e. The predicted octanol–water partition coefficient (Wildman–Crippen LogP) is 3.23. The van der Waals surface area contributed by atoms with Crippen LogP contribution in [-0.2, 0) is 13.6 Å². The number of anilines is 1. The molecule has 2 heterocycles. The summed E-state index contributed by atoms with van der Waals surface area (Å²) in [5.41, 5.74) is 1.96. The Morgan fingerprint density at radius 3 is 2.89 bits per heavy atom. The second kappa shape index (κ2) is 4.90. The number of fused-ring (bicyclic) bond motifs is 1. The van der Waals surface area contributed by atoms with Gasteiger partial charge < -0.3 is 9.88 Å². The highest BCUT2D eigenvalue weighted by atomic mass is 35.5. The van der Waals surface area contributed by atoms with Gasteiger partial charge in [0.15, 0.2) is 0 Å². The van der Waals surface area contributed by atoms with Crippen LogP contribution in [-0.4, -0.2) is 14.5 Å². The minimum atomic E-state index is 0.640. The van der Waals surface area contributed by atoms with Gasteiger partial charge in [-0.2, -0.15) is 0 Å². The van der Waals surface area contributed by atoms with Crippen molar-refractivity contribution < 1.29 is 0 Å². The zero-order chi connectivity index (χ0) is 13.2. The van der Waals surface area contributed by atoms with E-state index in [1.54, 1.807) is 6.33 Å². The van der Waals surface area contributed by atoms with Crippen LogP contribution in [0.25, 0.3) is 11.0 Å². The van der Waals surface area contributed by atoms with Crippen LogP contribution in [0.15, 0.2) is 42.9 Å². The highest BCUT2D eigenvalue weighted by molar-refractivity contribution is 6.31. The molecule has 0 aliphatic heterocycles. The Morgan fingerprint density at radius 1 is 1.21 bits per heavy atom. The number of hydrogen-bond donors (Lipinski definition) is 1. The van der Waals surface area contributed by atoms with Crippen molar-refractivity contribution >= 4 is 28.5 Å². The standard InChI is InChI=1S/C14H13ClN4/c1-19-7-6-11-13(17-9-18-14(11)19)16-8-10-4-2-3-5-12(10)15/h2-7,9H,8H2,1H3,(H,16,17,18). The van der Waals surface area contributed by atoms with Crippen molar-refractivity contribution in [3.63, 3.8) is 0 Å². The van der Waals surface area contributed by atoms with Crippen molar-refractivity contribution in [3.05, 3.63) is 53.4 Å². The first kappa shape index (κ1) is 12.0. The van der Waals surface area contributed by atoms with Crippen LogP contribution < -0.4 is 5.32 Å². The fourth-order valence-corrected chi connectivity index (χ4v) is 2.24. The fourth-order valence-electron chi connectivity index (χ4n) is 2.04. The van der Waals surface area contributed by atoms with E-state index in [9.17, 15) is 0 Å². The molecule has 0 spiro atoms. The molecule has 0 atom stereocenters.